The van der Waals surface area contributed by atoms with Gasteiger partial charge < -0.3 is 24.8 Å². The lowest BCUT2D eigenvalue weighted by Crippen LogP contribution is -2.25. The van der Waals surface area contributed by atoms with Crippen molar-refractivity contribution < 1.29 is 14.3 Å². The van der Waals surface area contributed by atoms with Crippen LogP contribution in [0.5, 0.6) is 11.5 Å². The standard InChI is InChI=1S/C22H20N6O4S/c1-2-9-28-20(18-11-31-16-5-3-4-6-17(16)32-18)26-27-22(28)33-12-19(29)23-13-7-8-14-15(10-13)25-21(30)24-14/h2-8,10,18H,1,9,11-12H2,(H,23,29)(H2,24,25,30). The maximum absolute atomic E-state index is 12.5. The number of hydrogen-bond donors (Lipinski definition) is 3. The molecule has 1 aliphatic heterocycles. The maximum atomic E-state index is 12.5. The summed E-state index contributed by atoms with van der Waals surface area (Å²) in [6.45, 7) is 4.58. The Morgan fingerprint density at radius 2 is 2.03 bits per heavy atom. The molecule has 5 rings (SSSR count). The van der Waals surface area contributed by atoms with Crippen LogP contribution in [0, 0.1) is 0 Å². The number of benzene rings is 2. The SMILES string of the molecule is C=CCn1c(SCC(=O)Nc2ccc3[nH]c(=O)[nH]c3c2)nnc1C1COc2ccccc2O1. The first-order chi connectivity index (χ1) is 16.1. The van der Waals surface area contributed by atoms with Crippen LogP contribution < -0.4 is 20.5 Å². The zero-order chi connectivity index (χ0) is 22.8. The lowest BCUT2D eigenvalue weighted by molar-refractivity contribution is -0.113. The lowest BCUT2D eigenvalue weighted by Gasteiger charge is -2.26. The number of carbonyl (C=O) groups excluding carboxylic acids is 1. The first-order valence-electron chi connectivity index (χ1n) is 10.2. The summed E-state index contributed by atoms with van der Waals surface area (Å²) < 4.78 is 13.7. The number of hydrogen-bond acceptors (Lipinski definition) is 7. The Hall–Kier alpha value is -3.99. The van der Waals surface area contributed by atoms with E-state index in [9.17, 15) is 9.59 Å². The number of rotatable bonds is 7. The van der Waals surface area contributed by atoms with E-state index in [2.05, 4.69) is 32.1 Å². The minimum absolute atomic E-state index is 0.127. The van der Waals surface area contributed by atoms with E-state index in [1.54, 1.807) is 24.3 Å². The summed E-state index contributed by atoms with van der Waals surface area (Å²) in [5.41, 5.74) is 1.59. The summed E-state index contributed by atoms with van der Waals surface area (Å²) in [5.74, 6) is 1.86. The monoisotopic (exact) mass is 464 g/mol. The normalized spacial score (nSPS) is 14.8. The number of amides is 1. The molecule has 2 aromatic carbocycles. The molecule has 1 unspecified atom stereocenters. The number of nitrogens with one attached hydrogen (secondary N) is 3. The highest BCUT2D eigenvalue weighted by atomic mass is 32.2. The van der Waals surface area contributed by atoms with Crippen molar-refractivity contribution in [3.8, 4) is 11.5 Å². The molecular formula is C22H20N6O4S. The predicted octanol–water partition coefficient (Wildman–Crippen LogP) is 2.88. The molecule has 3 heterocycles. The van der Waals surface area contributed by atoms with Gasteiger partial charge in [-0.15, -0.1) is 16.8 Å². The first kappa shape index (κ1) is 20.9. The molecule has 168 valence electrons. The van der Waals surface area contributed by atoms with Crippen LogP contribution in [0.4, 0.5) is 5.69 Å². The van der Waals surface area contributed by atoms with Crippen molar-refractivity contribution in [2.24, 2.45) is 0 Å². The summed E-state index contributed by atoms with van der Waals surface area (Å²) >= 11 is 1.26. The zero-order valence-corrected chi connectivity index (χ0v) is 18.2. The van der Waals surface area contributed by atoms with Gasteiger partial charge >= 0.3 is 5.69 Å². The third-order valence-electron chi connectivity index (χ3n) is 4.99. The highest BCUT2D eigenvalue weighted by molar-refractivity contribution is 7.99. The van der Waals surface area contributed by atoms with Gasteiger partial charge in [-0.25, -0.2) is 4.79 Å². The van der Waals surface area contributed by atoms with Gasteiger partial charge in [-0.05, 0) is 30.3 Å². The number of H-pyrrole nitrogens is 2. The number of para-hydroxylation sites is 2. The van der Waals surface area contributed by atoms with Crippen molar-refractivity contribution in [1.29, 1.82) is 0 Å². The fraction of sp³-hybridized carbons (Fsp3) is 0.182. The Morgan fingerprint density at radius 3 is 2.88 bits per heavy atom. The molecule has 4 aromatic rings. The van der Waals surface area contributed by atoms with Crippen molar-refractivity contribution in [3.05, 3.63) is 71.4 Å². The van der Waals surface area contributed by atoms with E-state index in [1.165, 1.54) is 11.8 Å². The molecule has 1 aliphatic rings. The third-order valence-corrected chi connectivity index (χ3v) is 5.95. The summed E-state index contributed by atoms with van der Waals surface area (Å²) in [5, 5.41) is 12.0. The van der Waals surface area contributed by atoms with E-state index < -0.39 is 6.10 Å². The summed E-state index contributed by atoms with van der Waals surface area (Å²) in [7, 11) is 0. The number of fused-ring (bicyclic) bond motifs is 2. The minimum Gasteiger partial charge on any atom is -0.485 e. The molecule has 10 nitrogen and oxygen atoms in total. The van der Waals surface area contributed by atoms with E-state index in [0.29, 0.717) is 52.4 Å². The van der Waals surface area contributed by atoms with Crippen molar-refractivity contribution in [1.82, 2.24) is 24.7 Å². The largest absolute Gasteiger partial charge is 0.485 e. The molecule has 3 N–H and O–H groups in total. The van der Waals surface area contributed by atoms with Crippen molar-refractivity contribution in [2.45, 2.75) is 17.8 Å². The molecule has 0 bridgehead atoms. The van der Waals surface area contributed by atoms with Gasteiger partial charge in [0.1, 0.15) is 6.61 Å². The Kier molecular flexibility index (Phi) is 5.61. The van der Waals surface area contributed by atoms with Crippen LogP contribution >= 0.6 is 11.8 Å². The number of aromatic amines is 2. The van der Waals surface area contributed by atoms with Crippen LogP contribution in [0.3, 0.4) is 0 Å². The average molecular weight is 465 g/mol. The van der Waals surface area contributed by atoms with Gasteiger partial charge in [-0.1, -0.05) is 30.0 Å². The van der Waals surface area contributed by atoms with Crippen LogP contribution in [-0.4, -0.2) is 43.0 Å². The summed E-state index contributed by atoms with van der Waals surface area (Å²) in [6.07, 6.45) is 1.31. The van der Waals surface area contributed by atoms with E-state index in [1.807, 2.05) is 28.8 Å². The Bertz CT molecular complexity index is 1390. The van der Waals surface area contributed by atoms with E-state index in [-0.39, 0.29) is 17.3 Å². The molecular weight excluding hydrogens is 444 g/mol. The number of nitrogens with zero attached hydrogens (tertiary/aromatic N) is 3. The second-order valence-corrected chi connectivity index (χ2v) is 8.22. The number of carbonyl (C=O) groups is 1. The maximum Gasteiger partial charge on any atom is 0.323 e. The highest BCUT2D eigenvalue weighted by Crippen LogP contribution is 2.36. The Labute approximate surface area is 192 Å². The fourth-order valence-corrected chi connectivity index (χ4v) is 4.28. The molecule has 1 amide bonds. The Morgan fingerprint density at radius 1 is 1.21 bits per heavy atom. The van der Waals surface area contributed by atoms with Crippen LogP contribution in [0.1, 0.15) is 11.9 Å². The van der Waals surface area contributed by atoms with Crippen molar-refractivity contribution in [2.75, 3.05) is 17.7 Å². The Balaban J connectivity index is 1.27. The van der Waals surface area contributed by atoms with E-state index in [4.69, 9.17) is 9.47 Å². The van der Waals surface area contributed by atoms with Crippen molar-refractivity contribution in [3.63, 3.8) is 0 Å². The van der Waals surface area contributed by atoms with Crippen LogP contribution in [0.15, 0.2) is 65.1 Å². The van der Waals surface area contributed by atoms with E-state index in [0.717, 1.165) is 0 Å². The van der Waals surface area contributed by atoms with Gasteiger partial charge in [0.05, 0.1) is 16.8 Å². The van der Waals surface area contributed by atoms with E-state index >= 15 is 0 Å². The number of aromatic nitrogens is 5. The molecule has 11 heteroatoms. The molecule has 33 heavy (non-hydrogen) atoms. The molecule has 0 radical (unpaired) electrons. The van der Waals surface area contributed by atoms with Gasteiger partial charge in [-0.3, -0.25) is 9.36 Å². The molecule has 1 atom stereocenters. The zero-order valence-electron chi connectivity index (χ0n) is 17.4. The number of thioether (sulfide) groups is 1. The molecule has 0 saturated carbocycles. The van der Waals surface area contributed by atoms with Crippen LogP contribution in [0.25, 0.3) is 11.0 Å². The summed E-state index contributed by atoms with van der Waals surface area (Å²) in [6, 6.07) is 12.6. The first-order valence-corrected chi connectivity index (χ1v) is 11.2. The third kappa shape index (κ3) is 4.35. The molecule has 0 saturated heterocycles. The smallest absolute Gasteiger partial charge is 0.323 e. The lowest BCUT2D eigenvalue weighted by atomic mass is 10.2. The topological polar surface area (TPSA) is 127 Å². The van der Waals surface area contributed by atoms with Gasteiger partial charge in [0.15, 0.2) is 28.6 Å². The number of allylic oxidation sites excluding steroid dienone is 1. The van der Waals surface area contributed by atoms with Gasteiger partial charge in [0.25, 0.3) is 0 Å². The highest BCUT2D eigenvalue weighted by Gasteiger charge is 2.28. The second kappa shape index (κ2) is 8.87. The number of imidazole rings is 1. The predicted molar refractivity (Wildman–Crippen MR) is 124 cm³/mol. The quantitative estimate of drug-likeness (QED) is 0.283. The second-order valence-electron chi connectivity index (χ2n) is 7.28. The molecule has 0 spiro atoms. The average Bonchev–Trinajstić information content (AvgIpc) is 3.39. The fourth-order valence-electron chi connectivity index (χ4n) is 3.53. The van der Waals surface area contributed by atoms with Gasteiger partial charge in [0.2, 0.25) is 5.91 Å². The van der Waals surface area contributed by atoms with Crippen LogP contribution in [-0.2, 0) is 11.3 Å². The molecule has 2 aromatic heterocycles. The van der Waals surface area contributed by atoms with Gasteiger partial charge in [-0.2, -0.15) is 0 Å². The summed E-state index contributed by atoms with van der Waals surface area (Å²) in [4.78, 5) is 29.2. The number of ether oxygens (including phenoxy) is 2. The van der Waals surface area contributed by atoms with Gasteiger partial charge in [0, 0.05) is 12.2 Å². The van der Waals surface area contributed by atoms with Crippen LogP contribution in [0.2, 0.25) is 0 Å². The van der Waals surface area contributed by atoms with Crippen molar-refractivity contribution >= 4 is 34.4 Å². The number of anilines is 1. The minimum atomic E-state index is -0.425. The molecule has 0 aliphatic carbocycles. The molecule has 0 fully saturated rings.